The topological polar surface area (TPSA) is 44.4 Å². The van der Waals surface area contributed by atoms with E-state index in [0.29, 0.717) is 17.6 Å². The number of carbonyl (C=O) groups is 1. The quantitative estimate of drug-likeness (QED) is 0.485. The second kappa shape index (κ2) is 9.27. The lowest BCUT2D eigenvalue weighted by molar-refractivity contribution is -0.137. The van der Waals surface area contributed by atoms with Crippen LogP contribution in [0.1, 0.15) is 39.4 Å². The number of nitrogens with zero attached hydrogens (tertiary/aromatic N) is 1. The first kappa shape index (κ1) is 22.9. The maximum atomic E-state index is 12.9. The SMILES string of the molecule is CN(C)c1ccc(CN[C@@H]2C[C@H]2c2ccc(NC(=O)c3cccc(C(F)(F)F)c3)cc2)cc1. The van der Waals surface area contributed by atoms with Crippen molar-refractivity contribution in [1.82, 2.24) is 5.32 Å². The Bertz CT molecular complexity index is 1110. The third-order valence-corrected chi connectivity index (χ3v) is 5.86. The molecule has 1 aliphatic carbocycles. The standard InChI is InChI=1S/C26H26F3N3O/c1-32(2)22-12-6-17(7-13-22)16-30-24-15-23(24)18-8-10-21(11-9-18)31-25(33)19-4-3-5-20(14-19)26(27,28)29/h3-14,23-24,30H,15-16H2,1-2H3,(H,31,33)/t23-,24+/m0/s1. The maximum absolute atomic E-state index is 12.9. The van der Waals surface area contributed by atoms with Crippen LogP contribution < -0.4 is 15.5 Å². The van der Waals surface area contributed by atoms with Gasteiger partial charge in [0.1, 0.15) is 0 Å². The highest BCUT2D eigenvalue weighted by atomic mass is 19.4. The van der Waals surface area contributed by atoms with Crippen molar-refractivity contribution in [2.45, 2.75) is 31.1 Å². The highest BCUT2D eigenvalue weighted by Gasteiger charge is 2.37. The summed E-state index contributed by atoms with van der Waals surface area (Å²) in [7, 11) is 4.04. The molecule has 0 bridgehead atoms. The van der Waals surface area contributed by atoms with Crippen LogP contribution in [0, 0.1) is 0 Å². The zero-order valence-corrected chi connectivity index (χ0v) is 18.5. The van der Waals surface area contributed by atoms with E-state index in [9.17, 15) is 18.0 Å². The molecule has 2 atom stereocenters. The zero-order chi connectivity index (χ0) is 23.6. The first-order valence-corrected chi connectivity index (χ1v) is 10.8. The molecule has 3 aromatic rings. The molecule has 172 valence electrons. The average Bonchev–Trinajstić information content (AvgIpc) is 3.58. The fourth-order valence-electron chi connectivity index (χ4n) is 3.80. The highest BCUT2D eigenvalue weighted by Crippen LogP contribution is 2.41. The summed E-state index contributed by atoms with van der Waals surface area (Å²) >= 11 is 0. The van der Waals surface area contributed by atoms with Crippen LogP contribution in [0.4, 0.5) is 24.5 Å². The molecule has 1 fully saturated rings. The highest BCUT2D eigenvalue weighted by molar-refractivity contribution is 6.04. The predicted octanol–water partition coefficient (Wildman–Crippen LogP) is 5.67. The van der Waals surface area contributed by atoms with Crippen molar-refractivity contribution < 1.29 is 18.0 Å². The van der Waals surface area contributed by atoms with Crippen LogP contribution in [0.15, 0.2) is 72.8 Å². The third-order valence-electron chi connectivity index (χ3n) is 5.86. The molecule has 0 aromatic heterocycles. The second-order valence-electron chi connectivity index (χ2n) is 8.55. The number of hydrogen-bond donors (Lipinski definition) is 2. The predicted molar refractivity (Wildman–Crippen MR) is 125 cm³/mol. The molecule has 3 aromatic carbocycles. The van der Waals surface area contributed by atoms with Gasteiger partial charge in [0.15, 0.2) is 0 Å². The van der Waals surface area contributed by atoms with Gasteiger partial charge in [-0.05, 0) is 60.0 Å². The van der Waals surface area contributed by atoms with E-state index < -0.39 is 17.6 Å². The summed E-state index contributed by atoms with van der Waals surface area (Å²) in [5, 5.41) is 6.25. The number of benzene rings is 3. The Kier molecular flexibility index (Phi) is 6.42. The number of alkyl halides is 3. The van der Waals surface area contributed by atoms with Crippen molar-refractivity contribution in [1.29, 1.82) is 0 Å². The molecule has 0 saturated heterocycles. The van der Waals surface area contributed by atoms with Crippen LogP contribution in [0.5, 0.6) is 0 Å². The number of halogens is 3. The Morgan fingerprint density at radius 1 is 1.00 bits per heavy atom. The van der Waals surface area contributed by atoms with E-state index in [1.807, 2.05) is 26.2 Å². The first-order valence-electron chi connectivity index (χ1n) is 10.8. The molecule has 33 heavy (non-hydrogen) atoms. The largest absolute Gasteiger partial charge is 0.416 e. The van der Waals surface area contributed by atoms with Crippen LogP contribution in [0.25, 0.3) is 0 Å². The lowest BCUT2D eigenvalue weighted by atomic mass is 10.1. The molecule has 0 aliphatic heterocycles. The van der Waals surface area contributed by atoms with Gasteiger partial charge in [0.25, 0.3) is 5.91 Å². The van der Waals surface area contributed by atoms with E-state index in [0.717, 1.165) is 25.1 Å². The van der Waals surface area contributed by atoms with Crippen LogP contribution in [0.3, 0.4) is 0 Å². The maximum Gasteiger partial charge on any atom is 0.416 e. The number of nitrogens with one attached hydrogen (secondary N) is 2. The van der Waals surface area contributed by atoms with Gasteiger partial charge in [-0.1, -0.05) is 30.3 Å². The number of amides is 1. The normalized spacial score (nSPS) is 17.5. The number of carbonyl (C=O) groups excluding carboxylic acids is 1. The molecular weight excluding hydrogens is 427 g/mol. The Balaban J connectivity index is 1.30. The van der Waals surface area contributed by atoms with Crippen molar-refractivity contribution >= 4 is 17.3 Å². The Labute approximate surface area is 191 Å². The van der Waals surface area contributed by atoms with E-state index in [-0.39, 0.29) is 5.56 Å². The van der Waals surface area contributed by atoms with E-state index in [1.54, 1.807) is 12.1 Å². The summed E-state index contributed by atoms with van der Waals surface area (Å²) in [6.07, 6.45) is -3.44. The van der Waals surface area contributed by atoms with E-state index in [2.05, 4.69) is 39.8 Å². The Morgan fingerprint density at radius 3 is 2.33 bits per heavy atom. The fraction of sp³-hybridized carbons (Fsp3) is 0.269. The molecule has 0 radical (unpaired) electrons. The molecule has 4 rings (SSSR count). The Morgan fingerprint density at radius 2 is 1.70 bits per heavy atom. The third kappa shape index (κ3) is 5.73. The molecule has 2 N–H and O–H groups in total. The molecule has 4 nitrogen and oxygen atoms in total. The minimum absolute atomic E-state index is 0.0287. The first-order chi connectivity index (χ1) is 15.7. The van der Waals surface area contributed by atoms with Crippen LogP contribution in [0.2, 0.25) is 0 Å². The number of anilines is 2. The molecule has 1 saturated carbocycles. The molecule has 0 heterocycles. The summed E-state index contributed by atoms with van der Waals surface area (Å²) < 4.78 is 38.6. The lowest BCUT2D eigenvalue weighted by Gasteiger charge is -2.13. The molecule has 0 unspecified atom stereocenters. The van der Waals surface area contributed by atoms with Crippen molar-refractivity contribution in [3.8, 4) is 0 Å². The van der Waals surface area contributed by atoms with Gasteiger partial charge in [-0.15, -0.1) is 0 Å². The van der Waals surface area contributed by atoms with Gasteiger partial charge in [-0.25, -0.2) is 0 Å². The summed E-state index contributed by atoms with van der Waals surface area (Å²) in [5.74, 6) is -0.153. The van der Waals surface area contributed by atoms with Crippen LogP contribution in [-0.2, 0) is 12.7 Å². The van der Waals surface area contributed by atoms with Gasteiger partial charge in [0, 0.05) is 49.5 Å². The molecule has 7 heteroatoms. The fourth-order valence-corrected chi connectivity index (χ4v) is 3.80. The van der Waals surface area contributed by atoms with Crippen molar-refractivity contribution in [2.24, 2.45) is 0 Å². The van der Waals surface area contributed by atoms with Gasteiger partial charge >= 0.3 is 6.18 Å². The molecular formula is C26H26F3N3O. The van der Waals surface area contributed by atoms with Crippen molar-refractivity contribution in [3.05, 3.63) is 95.1 Å². The Hall–Kier alpha value is -3.32. The number of rotatable bonds is 7. The summed E-state index contributed by atoms with van der Waals surface area (Å²) in [6.45, 7) is 0.806. The van der Waals surface area contributed by atoms with Crippen LogP contribution in [-0.4, -0.2) is 26.0 Å². The smallest absolute Gasteiger partial charge is 0.378 e. The van der Waals surface area contributed by atoms with E-state index in [4.69, 9.17) is 0 Å². The summed E-state index contributed by atoms with van der Waals surface area (Å²) in [4.78, 5) is 14.4. The van der Waals surface area contributed by atoms with Gasteiger partial charge in [-0.2, -0.15) is 13.2 Å². The average molecular weight is 454 g/mol. The second-order valence-corrected chi connectivity index (χ2v) is 8.55. The minimum Gasteiger partial charge on any atom is -0.378 e. The molecule has 0 spiro atoms. The van der Waals surface area contributed by atoms with Crippen LogP contribution >= 0.6 is 0 Å². The molecule has 1 amide bonds. The van der Waals surface area contributed by atoms with Gasteiger partial charge in [-0.3, -0.25) is 4.79 Å². The monoisotopic (exact) mass is 453 g/mol. The zero-order valence-electron chi connectivity index (χ0n) is 18.5. The minimum atomic E-state index is -4.48. The molecule has 1 aliphatic rings. The van der Waals surface area contributed by atoms with E-state index >= 15 is 0 Å². The van der Waals surface area contributed by atoms with Crippen molar-refractivity contribution in [3.63, 3.8) is 0 Å². The summed E-state index contributed by atoms with van der Waals surface area (Å²) in [5.41, 5.74) is 3.26. The van der Waals surface area contributed by atoms with Gasteiger partial charge in [0.05, 0.1) is 5.56 Å². The summed E-state index contributed by atoms with van der Waals surface area (Å²) in [6, 6.07) is 20.8. The number of hydrogen-bond acceptors (Lipinski definition) is 3. The van der Waals surface area contributed by atoms with Gasteiger partial charge < -0.3 is 15.5 Å². The lowest BCUT2D eigenvalue weighted by Crippen LogP contribution is -2.17. The van der Waals surface area contributed by atoms with Gasteiger partial charge in [0.2, 0.25) is 0 Å². The van der Waals surface area contributed by atoms with Crippen molar-refractivity contribution in [2.75, 3.05) is 24.3 Å². The van der Waals surface area contributed by atoms with E-state index in [1.165, 1.54) is 28.9 Å².